The molecular formula is C25H28Cl2N2O6S2. The second-order valence-electron chi connectivity index (χ2n) is 8.58. The molecule has 0 radical (unpaired) electrons. The molecule has 0 amide bonds. The molecule has 0 fully saturated rings. The van der Waals surface area contributed by atoms with Crippen molar-refractivity contribution in [1.29, 1.82) is 0 Å². The number of benzene rings is 2. The van der Waals surface area contributed by atoms with E-state index in [9.17, 15) is 32.0 Å². The van der Waals surface area contributed by atoms with E-state index >= 15 is 0 Å². The van der Waals surface area contributed by atoms with Gasteiger partial charge in [0.2, 0.25) is 11.6 Å². The van der Waals surface area contributed by atoms with Crippen LogP contribution in [0, 0.1) is 0 Å². The Morgan fingerprint density at radius 3 is 1.27 bits per heavy atom. The van der Waals surface area contributed by atoms with Gasteiger partial charge in [0.05, 0.1) is 9.79 Å². The zero-order valence-corrected chi connectivity index (χ0v) is 23.3. The van der Waals surface area contributed by atoms with E-state index in [1.807, 2.05) is 0 Å². The molecule has 0 spiro atoms. The van der Waals surface area contributed by atoms with Crippen LogP contribution in [0.1, 0.15) is 62.5 Å². The summed E-state index contributed by atoms with van der Waals surface area (Å²) in [5.74, 6) is -0.975. The summed E-state index contributed by atoms with van der Waals surface area (Å²) < 4.78 is 45.1. The largest absolute Gasteiger partial charge is 0.400 e. The molecule has 8 nitrogen and oxygen atoms in total. The van der Waals surface area contributed by atoms with Gasteiger partial charge in [-0.15, -0.1) is 0 Å². The Morgan fingerprint density at radius 1 is 0.622 bits per heavy atom. The molecule has 0 unspecified atom stereocenters. The van der Waals surface area contributed by atoms with E-state index in [1.54, 1.807) is 24.3 Å². The lowest BCUT2D eigenvalue weighted by molar-refractivity contribution is -0.124. The van der Waals surface area contributed by atoms with Crippen LogP contribution in [0.4, 0.5) is 0 Å². The molecule has 0 N–H and O–H groups in total. The van der Waals surface area contributed by atoms with Crippen molar-refractivity contribution in [3.8, 4) is 0 Å². The SMILES string of the molecule is [N-]=[N+]=C(C(=O)CCCCCc1ccc(S(=O)(=O)Cl)cc1)C(=O)CCCCCc1ccc(S(=O)(=O)Cl)cc1. The predicted molar refractivity (Wildman–Crippen MR) is 142 cm³/mol. The molecule has 2 aromatic rings. The average molecular weight is 588 g/mol. The number of ketones is 2. The van der Waals surface area contributed by atoms with E-state index in [0.717, 1.165) is 24.0 Å². The van der Waals surface area contributed by atoms with Gasteiger partial charge in [0.15, 0.2) is 0 Å². The third kappa shape index (κ3) is 10.9. The van der Waals surface area contributed by atoms with Crippen LogP contribution < -0.4 is 0 Å². The standard InChI is InChI=1S/C25H28Cl2N2O6S2/c26-36(32,33)21-15-11-19(12-16-21)7-3-1-5-9-23(30)25(29-28)24(31)10-6-2-4-8-20-13-17-22(18-14-20)37(27,34)35/h11-18H,1-10H2. The Labute approximate surface area is 226 Å². The van der Waals surface area contributed by atoms with E-state index in [4.69, 9.17) is 21.4 Å². The number of hydrogen-bond acceptors (Lipinski definition) is 6. The minimum atomic E-state index is -3.75. The summed E-state index contributed by atoms with van der Waals surface area (Å²) in [6.07, 6.45) is 5.63. The van der Waals surface area contributed by atoms with Gasteiger partial charge in [0.1, 0.15) is 0 Å². The van der Waals surface area contributed by atoms with Crippen molar-refractivity contribution in [2.45, 2.75) is 74.0 Å². The lowest BCUT2D eigenvalue weighted by Crippen LogP contribution is -2.25. The maximum absolute atomic E-state index is 12.3. The average Bonchev–Trinajstić information content (AvgIpc) is 2.83. The molecule has 37 heavy (non-hydrogen) atoms. The van der Waals surface area contributed by atoms with Crippen LogP contribution in [0.25, 0.3) is 5.53 Å². The summed E-state index contributed by atoms with van der Waals surface area (Å²) in [7, 11) is 3.10. The smallest absolute Gasteiger partial charge is 0.360 e. The monoisotopic (exact) mass is 586 g/mol. The number of hydrogen-bond donors (Lipinski definition) is 0. The second kappa shape index (κ2) is 14.5. The van der Waals surface area contributed by atoms with Crippen LogP contribution in [0.5, 0.6) is 0 Å². The number of halogens is 2. The fourth-order valence-electron chi connectivity index (χ4n) is 3.72. The molecule has 0 atom stereocenters. The summed E-state index contributed by atoms with van der Waals surface area (Å²) in [5.41, 5.74) is 10.6. The molecule has 200 valence electrons. The van der Waals surface area contributed by atoms with E-state index < -0.39 is 35.4 Å². The first-order chi connectivity index (χ1) is 17.4. The third-order valence-electron chi connectivity index (χ3n) is 5.78. The molecule has 0 saturated carbocycles. The summed E-state index contributed by atoms with van der Waals surface area (Å²) in [6, 6.07) is 12.6. The molecule has 12 heteroatoms. The molecule has 0 heterocycles. The normalized spacial score (nSPS) is 11.6. The lowest BCUT2D eigenvalue weighted by Gasteiger charge is -2.03. The van der Waals surface area contributed by atoms with Crippen LogP contribution in [0.15, 0.2) is 58.3 Å². The lowest BCUT2D eigenvalue weighted by atomic mass is 9.99. The second-order valence-corrected chi connectivity index (χ2v) is 13.7. The molecular weight excluding hydrogens is 559 g/mol. The molecule has 0 aliphatic rings. The number of unbranched alkanes of at least 4 members (excludes halogenated alkanes) is 4. The minimum Gasteiger partial charge on any atom is -0.360 e. The summed E-state index contributed by atoms with van der Waals surface area (Å²) in [5, 5.41) is 0. The first-order valence-corrected chi connectivity index (χ1v) is 16.4. The highest BCUT2D eigenvalue weighted by Gasteiger charge is 2.27. The fourth-order valence-corrected chi connectivity index (χ4v) is 5.26. The zero-order valence-electron chi connectivity index (χ0n) is 20.1. The summed E-state index contributed by atoms with van der Waals surface area (Å²) >= 11 is 0. The van der Waals surface area contributed by atoms with Crippen molar-refractivity contribution in [1.82, 2.24) is 0 Å². The fraction of sp³-hybridized carbons (Fsp3) is 0.400. The van der Waals surface area contributed by atoms with Gasteiger partial charge in [0, 0.05) is 34.2 Å². The number of rotatable bonds is 16. The highest BCUT2D eigenvalue weighted by Crippen LogP contribution is 2.18. The van der Waals surface area contributed by atoms with Crippen molar-refractivity contribution in [3.63, 3.8) is 0 Å². The Morgan fingerprint density at radius 2 is 0.973 bits per heavy atom. The summed E-state index contributed by atoms with van der Waals surface area (Å²) in [6.45, 7) is 0. The van der Waals surface area contributed by atoms with Crippen molar-refractivity contribution in [2.24, 2.45) is 0 Å². The predicted octanol–water partition coefficient (Wildman–Crippen LogP) is 5.26. The van der Waals surface area contributed by atoms with Gasteiger partial charge in [-0.2, -0.15) is 4.79 Å². The first kappa shape index (κ1) is 30.9. The van der Waals surface area contributed by atoms with Crippen LogP contribution in [-0.4, -0.2) is 38.9 Å². The molecule has 0 aliphatic carbocycles. The van der Waals surface area contributed by atoms with Gasteiger partial charge < -0.3 is 5.53 Å². The van der Waals surface area contributed by atoms with E-state index in [-0.39, 0.29) is 22.6 Å². The molecule has 0 aliphatic heterocycles. The van der Waals surface area contributed by atoms with Crippen LogP contribution in [-0.2, 0) is 40.5 Å². The Bertz CT molecular complexity index is 1250. The number of Topliss-reactive ketones (excluding diaryl/α,β-unsaturated/α-hetero) is 2. The van der Waals surface area contributed by atoms with Crippen LogP contribution in [0.2, 0.25) is 0 Å². The van der Waals surface area contributed by atoms with Gasteiger partial charge in [-0.1, -0.05) is 37.1 Å². The van der Waals surface area contributed by atoms with Crippen molar-refractivity contribution in [3.05, 3.63) is 65.2 Å². The zero-order chi connectivity index (χ0) is 27.5. The van der Waals surface area contributed by atoms with E-state index in [0.29, 0.717) is 38.5 Å². The minimum absolute atomic E-state index is 0.0425. The van der Waals surface area contributed by atoms with Gasteiger partial charge >= 0.3 is 5.71 Å². The number of carbonyl (C=O) groups is 2. The van der Waals surface area contributed by atoms with Gasteiger partial charge in [-0.25, -0.2) is 16.8 Å². The Balaban J connectivity index is 1.65. The highest BCUT2D eigenvalue weighted by atomic mass is 35.7. The van der Waals surface area contributed by atoms with Gasteiger partial charge in [-0.05, 0) is 73.9 Å². The summed E-state index contributed by atoms with van der Waals surface area (Å²) in [4.78, 5) is 27.7. The van der Waals surface area contributed by atoms with Gasteiger partial charge in [0.25, 0.3) is 18.1 Å². The molecule has 0 saturated heterocycles. The number of carbonyl (C=O) groups excluding carboxylic acids is 2. The van der Waals surface area contributed by atoms with Crippen molar-refractivity contribution in [2.75, 3.05) is 0 Å². The van der Waals surface area contributed by atoms with E-state index in [1.165, 1.54) is 24.3 Å². The molecule has 0 bridgehead atoms. The molecule has 2 aromatic carbocycles. The Hall–Kier alpha value is -2.36. The molecule has 2 rings (SSSR count). The quantitative estimate of drug-likeness (QED) is 0.0656. The van der Waals surface area contributed by atoms with Crippen LogP contribution in [0.3, 0.4) is 0 Å². The van der Waals surface area contributed by atoms with Crippen molar-refractivity contribution >= 4 is 56.7 Å². The molecule has 0 aromatic heterocycles. The van der Waals surface area contributed by atoms with Crippen LogP contribution >= 0.6 is 21.4 Å². The van der Waals surface area contributed by atoms with Crippen molar-refractivity contribution < 1.29 is 31.2 Å². The van der Waals surface area contributed by atoms with Gasteiger partial charge in [-0.3, -0.25) is 9.59 Å². The maximum Gasteiger partial charge on any atom is 0.400 e. The highest BCUT2D eigenvalue weighted by molar-refractivity contribution is 8.14. The van der Waals surface area contributed by atoms with E-state index in [2.05, 4.69) is 4.79 Å². The maximum atomic E-state index is 12.3. The number of nitrogens with zero attached hydrogens (tertiary/aromatic N) is 2. The topological polar surface area (TPSA) is 139 Å². The Kier molecular flexibility index (Phi) is 12.1. The first-order valence-electron chi connectivity index (χ1n) is 11.8. The third-order valence-corrected chi connectivity index (χ3v) is 8.52. The number of aryl methyl sites for hydroxylation is 2.